The van der Waals surface area contributed by atoms with Gasteiger partial charge in [0.05, 0.1) is 6.42 Å². The van der Waals surface area contributed by atoms with E-state index in [4.69, 9.17) is 5.73 Å². The van der Waals surface area contributed by atoms with E-state index in [2.05, 4.69) is 15.9 Å². The van der Waals surface area contributed by atoms with Crippen LogP contribution < -0.4 is 5.73 Å². The van der Waals surface area contributed by atoms with E-state index < -0.39 is 0 Å². The minimum atomic E-state index is 0.166. The fraction of sp³-hybridized carbons (Fsp3) is 0.533. The molecule has 1 aliphatic rings. The number of likely N-dealkylation sites (tertiary alicyclic amines) is 1. The number of benzene rings is 1. The number of piperidine rings is 1. The highest BCUT2D eigenvalue weighted by molar-refractivity contribution is 9.10. The highest BCUT2D eigenvalue weighted by atomic mass is 79.9. The van der Waals surface area contributed by atoms with Gasteiger partial charge in [0.1, 0.15) is 0 Å². The van der Waals surface area contributed by atoms with Crippen LogP contribution in [0.4, 0.5) is 0 Å². The molecule has 104 valence electrons. The zero-order chi connectivity index (χ0) is 13.8. The van der Waals surface area contributed by atoms with Gasteiger partial charge in [-0.25, -0.2) is 0 Å². The second kappa shape index (κ2) is 6.53. The minimum absolute atomic E-state index is 0.166. The van der Waals surface area contributed by atoms with Crippen LogP contribution in [0.1, 0.15) is 25.3 Å². The molecule has 0 spiro atoms. The predicted molar refractivity (Wildman–Crippen MR) is 80.8 cm³/mol. The Kier molecular flexibility index (Phi) is 4.99. The number of carbonyl (C=O) groups excluding carboxylic acids is 1. The molecule has 1 aromatic rings. The van der Waals surface area contributed by atoms with Gasteiger partial charge in [0, 0.05) is 23.6 Å². The Morgan fingerprint density at radius 3 is 2.95 bits per heavy atom. The molecule has 2 atom stereocenters. The molecule has 2 N–H and O–H groups in total. The first-order chi connectivity index (χ1) is 9.08. The number of carbonyl (C=O) groups is 1. The minimum Gasteiger partial charge on any atom is -0.342 e. The van der Waals surface area contributed by atoms with Gasteiger partial charge >= 0.3 is 0 Å². The molecule has 1 aromatic carbocycles. The Hall–Kier alpha value is -0.870. The van der Waals surface area contributed by atoms with Crippen molar-refractivity contribution in [3.63, 3.8) is 0 Å². The van der Waals surface area contributed by atoms with Gasteiger partial charge in [-0.15, -0.1) is 0 Å². The molecular formula is C15H21BrN2O. The van der Waals surface area contributed by atoms with E-state index in [1.54, 1.807) is 0 Å². The van der Waals surface area contributed by atoms with Crippen LogP contribution in [0.25, 0.3) is 0 Å². The number of nitrogens with zero attached hydrogens (tertiary/aromatic N) is 1. The zero-order valence-electron chi connectivity index (χ0n) is 11.3. The average Bonchev–Trinajstić information content (AvgIpc) is 2.41. The molecule has 2 unspecified atom stereocenters. The number of nitrogens with two attached hydrogens (primary N) is 1. The van der Waals surface area contributed by atoms with E-state index in [-0.39, 0.29) is 11.9 Å². The fourth-order valence-corrected chi connectivity index (χ4v) is 3.01. The number of hydrogen-bond donors (Lipinski definition) is 1. The molecule has 0 radical (unpaired) electrons. The number of halogens is 1. The second-order valence-electron chi connectivity index (χ2n) is 5.37. The summed E-state index contributed by atoms with van der Waals surface area (Å²) < 4.78 is 1.00. The van der Waals surface area contributed by atoms with Crippen LogP contribution in [0.15, 0.2) is 28.7 Å². The van der Waals surface area contributed by atoms with Crippen LogP contribution >= 0.6 is 15.9 Å². The van der Waals surface area contributed by atoms with Crippen LogP contribution in [0.5, 0.6) is 0 Å². The van der Waals surface area contributed by atoms with Crippen molar-refractivity contribution in [2.75, 3.05) is 13.1 Å². The van der Waals surface area contributed by atoms with E-state index in [1.807, 2.05) is 36.1 Å². The highest BCUT2D eigenvalue weighted by Crippen LogP contribution is 2.21. The van der Waals surface area contributed by atoms with Gasteiger partial charge in [-0.3, -0.25) is 4.79 Å². The third-order valence-electron chi connectivity index (χ3n) is 3.85. The Morgan fingerprint density at radius 2 is 2.26 bits per heavy atom. The molecule has 19 heavy (non-hydrogen) atoms. The summed E-state index contributed by atoms with van der Waals surface area (Å²) in [6, 6.07) is 8.07. The number of amides is 1. The van der Waals surface area contributed by atoms with Crippen molar-refractivity contribution in [3.8, 4) is 0 Å². The molecule has 2 rings (SSSR count). The molecule has 0 saturated carbocycles. The SMILES string of the molecule is CC(N)C1CCCN(C(=O)Cc2ccccc2Br)C1. The average molecular weight is 325 g/mol. The quantitative estimate of drug-likeness (QED) is 0.928. The Morgan fingerprint density at radius 1 is 1.53 bits per heavy atom. The molecule has 0 bridgehead atoms. The summed E-state index contributed by atoms with van der Waals surface area (Å²) >= 11 is 3.49. The van der Waals surface area contributed by atoms with Crippen molar-refractivity contribution in [2.24, 2.45) is 11.7 Å². The molecule has 0 aliphatic carbocycles. The number of hydrogen-bond acceptors (Lipinski definition) is 2. The first-order valence-corrected chi connectivity index (χ1v) is 7.64. The summed E-state index contributed by atoms with van der Waals surface area (Å²) in [5.74, 6) is 0.647. The Bertz CT molecular complexity index is 448. The molecule has 1 heterocycles. The van der Waals surface area contributed by atoms with Crippen molar-refractivity contribution < 1.29 is 4.79 Å². The van der Waals surface area contributed by atoms with Gasteiger partial charge in [-0.1, -0.05) is 34.1 Å². The standard InChI is InChI=1S/C15H21BrN2O/c1-11(17)13-6-4-8-18(10-13)15(19)9-12-5-2-3-7-14(12)16/h2-3,5,7,11,13H,4,6,8-10,17H2,1H3. The van der Waals surface area contributed by atoms with Crippen LogP contribution in [0, 0.1) is 5.92 Å². The van der Waals surface area contributed by atoms with Gasteiger partial charge in [0.2, 0.25) is 5.91 Å². The summed E-state index contributed by atoms with van der Waals surface area (Å²) in [5.41, 5.74) is 7.01. The maximum atomic E-state index is 12.4. The fourth-order valence-electron chi connectivity index (χ4n) is 2.58. The molecule has 0 aromatic heterocycles. The van der Waals surface area contributed by atoms with E-state index in [1.165, 1.54) is 0 Å². The zero-order valence-corrected chi connectivity index (χ0v) is 12.9. The van der Waals surface area contributed by atoms with E-state index in [0.717, 1.165) is 36.0 Å². The molecule has 3 nitrogen and oxygen atoms in total. The summed E-state index contributed by atoms with van der Waals surface area (Å²) in [6.07, 6.45) is 2.66. The third kappa shape index (κ3) is 3.80. The Labute approximate surface area is 123 Å². The van der Waals surface area contributed by atoms with Crippen LogP contribution in [0.2, 0.25) is 0 Å². The van der Waals surface area contributed by atoms with Crippen molar-refractivity contribution in [2.45, 2.75) is 32.2 Å². The van der Waals surface area contributed by atoms with Gasteiger partial charge in [-0.05, 0) is 37.3 Å². The molecule has 4 heteroatoms. The predicted octanol–water partition coefficient (Wildman–Crippen LogP) is 2.58. The van der Waals surface area contributed by atoms with E-state index in [0.29, 0.717) is 12.3 Å². The lowest BCUT2D eigenvalue weighted by Gasteiger charge is -2.34. The first-order valence-electron chi connectivity index (χ1n) is 6.84. The van der Waals surface area contributed by atoms with Gasteiger partial charge in [0.25, 0.3) is 0 Å². The summed E-state index contributed by atoms with van der Waals surface area (Å²) in [7, 11) is 0. The number of rotatable bonds is 3. The Balaban J connectivity index is 1.98. The van der Waals surface area contributed by atoms with Crippen molar-refractivity contribution in [3.05, 3.63) is 34.3 Å². The van der Waals surface area contributed by atoms with Gasteiger partial charge in [-0.2, -0.15) is 0 Å². The van der Waals surface area contributed by atoms with E-state index >= 15 is 0 Å². The van der Waals surface area contributed by atoms with Gasteiger partial charge < -0.3 is 10.6 Å². The smallest absolute Gasteiger partial charge is 0.227 e. The van der Waals surface area contributed by atoms with Crippen LogP contribution in [-0.4, -0.2) is 29.9 Å². The lowest BCUT2D eigenvalue weighted by molar-refractivity contribution is -0.132. The van der Waals surface area contributed by atoms with Crippen molar-refractivity contribution >= 4 is 21.8 Å². The topological polar surface area (TPSA) is 46.3 Å². The first kappa shape index (κ1) is 14.5. The third-order valence-corrected chi connectivity index (χ3v) is 4.63. The lowest BCUT2D eigenvalue weighted by Crippen LogP contribution is -2.45. The summed E-state index contributed by atoms with van der Waals surface area (Å²) in [6.45, 7) is 3.71. The summed E-state index contributed by atoms with van der Waals surface area (Å²) in [4.78, 5) is 14.3. The monoisotopic (exact) mass is 324 g/mol. The van der Waals surface area contributed by atoms with Crippen molar-refractivity contribution in [1.82, 2.24) is 4.90 Å². The second-order valence-corrected chi connectivity index (χ2v) is 6.22. The molecule has 1 aliphatic heterocycles. The molecule has 1 fully saturated rings. The molecule has 1 amide bonds. The highest BCUT2D eigenvalue weighted by Gasteiger charge is 2.25. The van der Waals surface area contributed by atoms with E-state index in [9.17, 15) is 4.79 Å². The van der Waals surface area contributed by atoms with Crippen molar-refractivity contribution in [1.29, 1.82) is 0 Å². The molecular weight excluding hydrogens is 304 g/mol. The van der Waals surface area contributed by atoms with Crippen LogP contribution in [-0.2, 0) is 11.2 Å². The lowest BCUT2D eigenvalue weighted by atomic mass is 9.92. The largest absolute Gasteiger partial charge is 0.342 e. The maximum absolute atomic E-state index is 12.4. The molecule has 1 saturated heterocycles. The van der Waals surface area contributed by atoms with Crippen LogP contribution in [0.3, 0.4) is 0 Å². The summed E-state index contributed by atoms with van der Waals surface area (Å²) in [5, 5.41) is 0. The normalized spacial score (nSPS) is 21.2. The maximum Gasteiger partial charge on any atom is 0.227 e. The van der Waals surface area contributed by atoms with Gasteiger partial charge in [0.15, 0.2) is 0 Å².